The summed E-state index contributed by atoms with van der Waals surface area (Å²) in [5, 5.41) is 2.99. The van der Waals surface area contributed by atoms with Crippen molar-refractivity contribution in [3.05, 3.63) is 28.2 Å². The second-order valence-electron chi connectivity index (χ2n) is 5.35. The third-order valence-corrected chi connectivity index (χ3v) is 4.67. The number of nitrogens with one attached hydrogen (secondary N) is 1. The second-order valence-corrected chi connectivity index (χ2v) is 6.20. The minimum absolute atomic E-state index is 0.112. The molecule has 19 heavy (non-hydrogen) atoms. The minimum Gasteiger partial charge on any atom is -0.326 e. The summed E-state index contributed by atoms with van der Waals surface area (Å²) >= 11 is 3.46. The van der Waals surface area contributed by atoms with Crippen LogP contribution in [-0.2, 0) is 4.79 Å². The van der Waals surface area contributed by atoms with Crippen molar-refractivity contribution in [2.75, 3.05) is 18.9 Å². The summed E-state index contributed by atoms with van der Waals surface area (Å²) in [5.41, 5.74) is 2.01. The average molecular weight is 325 g/mol. The number of halogens is 1. The highest BCUT2D eigenvalue weighted by Crippen LogP contribution is 2.21. The summed E-state index contributed by atoms with van der Waals surface area (Å²) in [6, 6.07) is 6.29. The van der Waals surface area contributed by atoms with Crippen molar-refractivity contribution in [1.29, 1.82) is 0 Å². The maximum Gasteiger partial charge on any atom is 0.225 e. The van der Waals surface area contributed by atoms with Gasteiger partial charge >= 0.3 is 0 Å². The van der Waals surface area contributed by atoms with Crippen LogP contribution < -0.4 is 5.32 Å². The molecule has 1 saturated heterocycles. The SMILES string of the molecule is Cc1cc(NC(=O)CC2CCCCN2C)ccc1Br. The number of hydrogen-bond donors (Lipinski definition) is 1. The van der Waals surface area contributed by atoms with Gasteiger partial charge in [0.1, 0.15) is 0 Å². The lowest BCUT2D eigenvalue weighted by atomic mass is 10.00. The van der Waals surface area contributed by atoms with E-state index in [0.29, 0.717) is 12.5 Å². The molecule has 0 radical (unpaired) electrons. The zero-order chi connectivity index (χ0) is 13.8. The number of aryl methyl sites for hydroxylation is 1. The Balaban J connectivity index is 1.91. The molecule has 1 fully saturated rings. The first-order valence-electron chi connectivity index (χ1n) is 6.82. The van der Waals surface area contributed by atoms with Crippen LogP contribution in [-0.4, -0.2) is 30.4 Å². The fourth-order valence-electron chi connectivity index (χ4n) is 2.55. The Morgan fingerprint density at radius 1 is 1.47 bits per heavy atom. The smallest absolute Gasteiger partial charge is 0.225 e. The van der Waals surface area contributed by atoms with Crippen molar-refractivity contribution in [2.45, 2.75) is 38.6 Å². The number of piperidine rings is 1. The second kappa shape index (κ2) is 6.53. The van der Waals surface area contributed by atoms with Crippen molar-refractivity contribution in [3.63, 3.8) is 0 Å². The normalized spacial score (nSPS) is 20.3. The highest BCUT2D eigenvalue weighted by molar-refractivity contribution is 9.10. The number of nitrogens with zero attached hydrogens (tertiary/aromatic N) is 1. The molecule has 1 atom stereocenters. The van der Waals surface area contributed by atoms with Crippen LogP contribution in [0.25, 0.3) is 0 Å². The Labute approximate surface area is 123 Å². The van der Waals surface area contributed by atoms with Crippen molar-refractivity contribution < 1.29 is 4.79 Å². The molecule has 2 rings (SSSR count). The third kappa shape index (κ3) is 4.05. The number of rotatable bonds is 3. The molecule has 1 heterocycles. The maximum absolute atomic E-state index is 12.1. The van der Waals surface area contributed by atoms with E-state index in [9.17, 15) is 4.79 Å². The highest BCUT2D eigenvalue weighted by atomic mass is 79.9. The van der Waals surface area contributed by atoms with E-state index in [0.717, 1.165) is 28.7 Å². The summed E-state index contributed by atoms with van der Waals surface area (Å²) in [4.78, 5) is 14.4. The number of carbonyl (C=O) groups is 1. The molecule has 0 aromatic heterocycles. The van der Waals surface area contributed by atoms with E-state index in [2.05, 4.69) is 33.2 Å². The quantitative estimate of drug-likeness (QED) is 0.921. The van der Waals surface area contributed by atoms with Gasteiger partial charge in [-0.3, -0.25) is 4.79 Å². The fraction of sp³-hybridized carbons (Fsp3) is 0.533. The molecule has 104 valence electrons. The monoisotopic (exact) mass is 324 g/mol. The van der Waals surface area contributed by atoms with E-state index in [4.69, 9.17) is 0 Å². The first-order chi connectivity index (χ1) is 9.06. The molecule has 1 aliphatic heterocycles. The molecule has 1 amide bonds. The van der Waals surface area contributed by atoms with Crippen molar-refractivity contribution >= 4 is 27.5 Å². The Bertz CT molecular complexity index is 461. The van der Waals surface area contributed by atoms with Gasteiger partial charge in [-0.1, -0.05) is 22.4 Å². The van der Waals surface area contributed by atoms with E-state index in [1.807, 2.05) is 25.1 Å². The van der Waals surface area contributed by atoms with Crippen LogP contribution in [0.3, 0.4) is 0 Å². The van der Waals surface area contributed by atoms with E-state index in [1.165, 1.54) is 12.8 Å². The lowest BCUT2D eigenvalue weighted by Gasteiger charge is -2.31. The predicted molar refractivity (Wildman–Crippen MR) is 82.4 cm³/mol. The third-order valence-electron chi connectivity index (χ3n) is 3.78. The van der Waals surface area contributed by atoms with Gasteiger partial charge in [0.05, 0.1) is 0 Å². The van der Waals surface area contributed by atoms with Crippen LogP contribution in [0.1, 0.15) is 31.2 Å². The molecule has 1 unspecified atom stereocenters. The molecule has 1 aromatic carbocycles. The topological polar surface area (TPSA) is 32.3 Å². The van der Waals surface area contributed by atoms with Crippen LogP contribution in [0.4, 0.5) is 5.69 Å². The van der Waals surface area contributed by atoms with E-state index in [-0.39, 0.29) is 5.91 Å². The predicted octanol–water partition coefficient (Wildman–Crippen LogP) is 3.57. The highest BCUT2D eigenvalue weighted by Gasteiger charge is 2.21. The van der Waals surface area contributed by atoms with Gasteiger partial charge in [0.2, 0.25) is 5.91 Å². The zero-order valence-electron chi connectivity index (χ0n) is 11.6. The molecule has 3 nitrogen and oxygen atoms in total. The number of likely N-dealkylation sites (tertiary alicyclic amines) is 1. The standard InChI is InChI=1S/C15H21BrN2O/c1-11-9-12(6-7-14(11)16)17-15(19)10-13-5-3-4-8-18(13)2/h6-7,9,13H,3-5,8,10H2,1-2H3,(H,17,19). The van der Waals surface area contributed by atoms with Gasteiger partial charge in [0.25, 0.3) is 0 Å². The molecular formula is C15H21BrN2O. The summed E-state index contributed by atoms with van der Waals surface area (Å²) in [5.74, 6) is 0.112. The number of anilines is 1. The van der Waals surface area contributed by atoms with Crippen LogP contribution in [0.15, 0.2) is 22.7 Å². The molecule has 4 heteroatoms. The Kier molecular flexibility index (Phi) is 4.99. The van der Waals surface area contributed by atoms with Crippen molar-refractivity contribution in [2.24, 2.45) is 0 Å². The number of benzene rings is 1. The van der Waals surface area contributed by atoms with E-state index in [1.54, 1.807) is 0 Å². The van der Waals surface area contributed by atoms with Gasteiger partial charge in [-0.05, 0) is 57.1 Å². The molecule has 1 aliphatic rings. The largest absolute Gasteiger partial charge is 0.326 e. The maximum atomic E-state index is 12.1. The van der Waals surface area contributed by atoms with Gasteiger partial charge in [0.15, 0.2) is 0 Å². The molecule has 0 aliphatic carbocycles. The number of amides is 1. The fourth-order valence-corrected chi connectivity index (χ4v) is 2.80. The number of carbonyl (C=O) groups excluding carboxylic acids is 1. The van der Waals surface area contributed by atoms with Gasteiger partial charge in [-0.2, -0.15) is 0 Å². The summed E-state index contributed by atoms with van der Waals surface area (Å²) < 4.78 is 1.07. The van der Waals surface area contributed by atoms with Crippen LogP contribution >= 0.6 is 15.9 Å². The number of hydrogen-bond acceptors (Lipinski definition) is 2. The minimum atomic E-state index is 0.112. The Morgan fingerprint density at radius 3 is 2.95 bits per heavy atom. The Hall–Kier alpha value is -0.870. The zero-order valence-corrected chi connectivity index (χ0v) is 13.2. The van der Waals surface area contributed by atoms with Crippen molar-refractivity contribution in [3.8, 4) is 0 Å². The van der Waals surface area contributed by atoms with Gasteiger partial charge in [0, 0.05) is 22.6 Å². The van der Waals surface area contributed by atoms with Gasteiger partial charge in [-0.25, -0.2) is 0 Å². The Morgan fingerprint density at radius 2 is 2.26 bits per heavy atom. The lowest BCUT2D eigenvalue weighted by molar-refractivity contribution is -0.117. The van der Waals surface area contributed by atoms with Crippen LogP contribution in [0, 0.1) is 6.92 Å². The van der Waals surface area contributed by atoms with E-state index >= 15 is 0 Å². The van der Waals surface area contributed by atoms with E-state index < -0.39 is 0 Å². The molecular weight excluding hydrogens is 304 g/mol. The summed E-state index contributed by atoms with van der Waals surface area (Å²) in [7, 11) is 2.11. The first-order valence-corrected chi connectivity index (χ1v) is 7.62. The lowest BCUT2D eigenvalue weighted by Crippen LogP contribution is -2.38. The van der Waals surface area contributed by atoms with Crippen LogP contribution in [0.2, 0.25) is 0 Å². The molecule has 0 bridgehead atoms. The average Bonchev–Trinajstić information content (AvgIpc) is 2.37. The van der Waals surface area contributed by atoms with Gasteiger partial charge in [-0.15, -0.1) is 0 Å². The van der Waals surface area contributed by atoms with Crippen molar-refractivity contribution in [1.82, 2.24) is 4.90 Å². The molecule has 1 N–H and O–H groups in total. The summed E-state index contributed by atoms with van der Waals surface area (Å²) in [6.07, 6.45) is 4.20. The summed E-state index contributed by atoms with van der Waals surface area (Å²) in [6.45, 7) is 3.13. The molecule has 0 saturated carbocycles. The first kappa shape index (κ1) is 14.5. The van der Waals surface area contributed by atoms with Crippen LogP contribution in [0.5, 0.6) is 0 Å². The molecule has 0 spiro atoms. The molecule has 1 aromatic rings. The van der Waals surface area contributed by atoms with Gasteiger partial charge < -0.3 is 10.2 Å².